The summed E-state index contributed by atoms with van der Waals surface area (Å²) in [5.74, 6) is 6.61. The Morgan fingerprint density at radius 3 is 2.82 bits per heavy atom. The quantitative estimate of drug-likeness (QED) is 0.460. The van der Waals surface area contributed by atoms with E-state index in [4.69, 9.17) is 15.0 Å². The molecular formula is C8H10N6O2S. The van der Waals surface area contributed by atoms with E-state index in [0.29, 0.717) is 27.7 Å². The summed E-state index contributed by atoms with van der Waals surface area (Å²) >= 11 is 1.18. The molecular weight excluding hydrogens is 244 g/mol. The van der Waals surface area contributed by atoms with Gasteiger partial charge >= 0.3 is 0 Å². The molecule has 2 rings (SSSR count). The summed E-state index contributed by atoms with van der Waals surface area (Å²) in [7, 11) is 1.50. The third-order valence-electron chi connectivity index (χ3n) is 1.80. The largest absolute Gasteiger partial charge is 0.490 e. The van der Waals surface area contributed by atoms with Crippen LogP contribution in [0.3, 0.4) is 0 Å². The van der Waals surface area contributed by atoms with E-state index in [1.54, 1.807) is 6.92 Å². The maximum atomic E-state index is 5.31. The molecule has 2 aromatic heterocycles. The molecule has 0 amide bonds. The van der Waals surface area contributed by atoms with Crippen molar-refractivity contribution < 1.29 is 9.15 Å². The number of hydrogen-bond acceptors (Lipinski definition) is 9. The highest BCUT2D eigenvalue weighted by Gasteiger charge is 2.15. The van der Waals surface area contributed by atoms with Crippen molar-refractivity contribution in [2.24, 2.45) is 5.84 Å². The Bertz CT molecular complexity index is 516. The van der Waals surface area contributed by atoms with Crippen molar-refractivity contribution in [2.75, 3.05) is 12.5 Å². The first-order valence-electron chi connectivity index (χ1n) is 4.58. The first kappa shape index (κ1) is 11.6. The molecule has 0 aliphatic heterocycles. The molecule has 0 saturated heterocycles. The number of hydrazine groups is 1. The average Bonchev–Trinajstić information content (AvgIpc) is 2.74. The normalized spacial score (nSPS) is 10.3. The monoisotopic (exact) mass is 254 g/mol. The second-order valence-electron chi connectivity index (χ2n) is 2.89. The zero-order valence-corrected chi connectivity index (χ0v) is 9.98. The topological polar surface area (TPSA) is 112 Å². The highest BCUT2D eigenvalue weighted by molar-refractivity contribution is 7.99. The summed E-state index contributed by atoms with van der Waals surface area (Å²) in [4.78, 5) is 7.99. The molecule has 0 saturated carbocycles. The second-order valence-corrected chi connectivity index (χ2v) is 3.83. The third-order valence-corrected chi connectivity index (χ3v) is 2.63. The summed E-state index contributed by atoms with van der Waals surface area (Å²) in [6, 6.07) is 0. The van der Waals surface area contributed by atoms with Gasteiger partial charge in [-0.25, -0.2) is 15.8 Å². The smallest absolute Gasteiger partial charge is 0.283 e. The molecule has 0 radical (unpaired) electrons. The van der Waals surface area contributed by atoms with Crippen molar-refractivity contribution >= 4 is 17.6 Å². The Morgan fingerprint density at radius 2 is 2.24 bits per heavy atom. The van der Waals surface area contributed by atoms with Crippen LogP contribution in [-0.4, -0.2) is 27.3 Å². The van der Waals surface area contributed by atoms with Crippen molar-refractivity contribution in [1.82, 2.24) is 20.2 Å². The van der Waals surface area contributed by atoms with E-state index in [2.05, 4.69) is 25.6 Å². The van der Waals surface area contributed by atoms with Crippen LogP contribution in [0.1, 0.15) is 5.89 Å². The van der Waals surface area contributed by atoms with Gasteiger partial charge in [0.2, 0.25) is 5.89 Å². The van der Waals surface area contributed by atoms with Gasteiger partial charge < -0.3 is 14.6 Å². The van der Waals surface area contributed by atoms with Gasteiger partial charge in [0.1, 0.15) is 6.33 Å². The maximum absolute atomic E-state index is 5.31. The van der Waals surface area contributed by atoms with Gasteiger partial charge in [0.05, 0.1) is 7.11 Å². The fourth-order valence-electron chi connectivity index (χ4n) is 1.12. The van der Waals surface area contributed by atoms with Crippen molar-refractivity contribution in [3.63, 3.8) is 0 Å². The zero-order chi connectivity index (χ0) is 12.3. The fraction of sp³-hybridized carbons (Fsp3) is 0.250. The highest BCUT2D eigenvalue weighted by Crippen LogP contribution is 2.35. The summed E-state index contributed by atoms with van der Waals surface area (Å²) in [5, 5.41) is 8.49. The first-order valence-corrected chi connectivity index (χ1v) is 5.39. The van der Waals surface area contributed by atoms with Crippen LogP contribution in [0.2, 0.25) is 0 Å². The lowest BCUT2D eigenvalue weighted by Gasteiger charge is -2.08. The molecule has 0 atom stereocenters. The van der Waals surface area contributed by atoms with E-state index < -0.39 is 0 Å². The second kappa shape index (κ2) is 4.97. The van der Waals surface area contributed by atoms with E-state index in [-0.39, 0.29) is 0 Å². The standard InChI is InChI=1S/C8H10N6O2S/c1-4-13-14-8(16-4)17-7-5(15-2)6(12-9)10-3-11-7/h3H,9H2,1-2H3,(H,10,11,12). The molecule has 2 aromatic rings. The van der Waals surface area contributed by atoms with Gasteiger partial charge in [0.25, 0.3) is 5.22 Å². The number of ether oxygens (including phenoxy) is 1. The van der Waals surface area contributed by atoms with E-state index in [1.165, 1.54) is 25.2 Å². The summed E-state index contributed by atoms with van der Waals surface area (Å²) in [5.41, 5.74) is 2.42. The van der Waals surface area contributed by atoms with Gasteiger partial charge in [0.15, 0.2) is 16.6 Å². The minimum absolute atomic E-state index is 0.377. The van der Waals surface area contributed by atoms with Gasteiger partial charge in [0, 0.05) is 6.92 Å². The van der Waals surface area contributed by atoms with Crippen molar-refractivity contribution in [1.29, 1.82) is 0 Å². The Balaban J connectivity index is 2.32. The first-order chi connectivity index (χ1) is 8.24. The van der Waals surface area contributed by atoms with Crippen LogP contribution in [0.5, 0.6) is 5.75 Å². The van der Waals surface area contributed by atoms with E-state index in [9.17, 15) is 0 Å². The van der Waals surface area contributed by atoms with Gasteiger partial charge in [-0.2, -0.15) is 0 Å². The number of anilines is 1. The van der Waals surface area contributed by atoms with Crippen LogP contribution in [-0.2, 0) is 0 Å². The number of nitrogens with two attached hydrogens (primary N) is 1. The molecule has 0 aliphatic carbocycles. The molecule has 0 aliphatic rings. The van der Waals surface area contributed by atoms with Gasteiger partial charge in [-0.1, -0.05) is 0 Å². The predicted molar refractivity (Wildman–Crippen MR) is 59.6 cm³/mol. The van der Waals surface area contributed by atoms with Crippen LogP contribution in [0, 0.1) is 6.92 Å². The number of nitrogen functional groups attached to an aromatic ring is 1. The summed E-state index contributed by atoms with van der Waals surface area (Å²) in [6.45, 7) is 1.71. The lowest BCUT2D eigenvalue weighted by Crippen LogP contribution is -2.10. The molecule has 0 unspecified atom stereocenters. The molecule has 90 valence electrons. The van der Waals surface area contributed by atoms with Gasteiger partial charge in [-0.05, 0) is 11.8 Å². The maximum Gasteiger partial charge on any atom is 0.283 e. The van der Waals surface area contributed by atoms with E-state index in [0.717, 1.165) is 0 Å². The van der Waals surface area contributed by atoms with Crippen LogP contribution in [0.15, 0.2) is 21.0 Å². The number of hydrogen-bond donors (Lipinski definition) is 2. The Kier molecular flexibility index (Phi) is 3.40. The summed E-state index contributed by atoms with van der Waals surface area (Å²) < 4.78 is 10.4. The molecule has 8 nitrogen and oxygen atoms in total. The molecule has 17 heavy (non-hydrogen) atoms. The molecule has 0 spiro atoms. The van der Waals surface area contributed by atoms with Crippen LogP contribution < -0.4 is 16.0 Å². The van der Waals surface area contributed by atoms with Crippen LogP contribution in [0.4, 0.5) is 5.82 Å². The number of methoxy groups -OCH3 is 1. The summed E-state index contributed by atoms with van der Waals surface area (Å²) in [6.07, 6.45) is 1.36. The Hall–Kier alpha value is -1.87. The molecule has 0 bridgehead atoms. The third kappa shape index (κ3) is 2.45. The van der Waals surface area contributed by atoms with Crippen LogP contribution in [0.25, 0.3) is 0 Å². The van der Waals surface area contributed by atoms with Crippen molar-refractivity contribution in [3.8, 4) is 5.75 Å². The zero-order valence-electron chi connectivity index (χ0n) is 9.17. The molecule has 0 fully saturated rings. The highest BCUT2D eigenvalue weighted by atomic mass is 32.2. The van der Waals surface area contributed by atoms with Gasteiger partial charge in [-0.3, -0.25) is 0 Å². The Labute approximate surface area is 101 Å². The number of aryl methyl sites for hydroxylation is 1. The lowest BCUT2D eigenvalue weighted by atomic mass is 10.5. The predicted octanol–water partition coefficient (Wildman–Crippen LogP) is 0.613. The average molecular weight is 254 g/mol. The lowest BCUT2D eigenvalue weighted by molar-refractivity contribution is 0.398. The fourth-order valence-corrected chi connectivity index (χ4v) is 1.90. The minimum Gasteiger partial charge on any atom is -0.490 e. The van der Waals surface area contributed by atoms with Gasteiger partial charge in [-0.15, -0.1) is 10.2 Å². The Morgan fingerprint density at radius 1 is 1.41 bits per heavy atom. The minimum atomic E-state index is 0.377. The molecule has 9 heteroatoms. The van der Waals surface area contributed by atoms with E-state index >= 15 is 0 Å². The molecule has 3 N–H and O–H groups in total. The van der Waals surface area contributed by atoms with Crippen molar-refractivity contribution in [2.45, 2.75) is 17.2 Å². The van der Waals surface area contributed by atoms with Crippen molar-refractivity contribution in [3.05, 3.63) is 12.2 Å². The number of rotatable bonds is 4. The van der Waals surface area contributed by atoms with Crippen LogP contribution >= 0.6 is 11.8 Å². The number of aromatic nitrogens is 4. The molecule has 0 aromatic carbocycles. The molecule has 2 heterocycles. The number of nitrogens with zero attached hydrogens (tertiary/aromatic N) is 4. The number of nitrogens with one attached hydrogen (secondary N) is 1. The SMILES string of the molecule is COc1c(NN)ncnc1Sc1nnc(C)o1. The van der Waals surface area contributed by atoms with E-state index in [1.807, 2.05) is 0 Å².